The number of anilines is 2. The largest absolute Gasteiger partial charge is 0.478 e. The molecule has 2 aromatic heterocycles. The van der Waals surface area contributed by atoms with Crippen LogP contribution in [0.25, 0.3) is 17.5 Å². The Hall–Kier alpha value is -2.93. The van der Waals surface area contributed by atoms with E-state index in [1.54, 1.807) is 18.5 Å². The number of pyridine rings is 1. The highest BCUT2D eigenvalue weighted by molar-refractivity contribution is 5.78. The van der Waals surface area contributed by atoms with Crippen LogP contribution < -0.4 is 15.0 Å². The van der Waals surface area contributed by atoms with Crippen molar-refractivity contribution in [2.45, 2.75) is 6.92 Å². The van der Waals surface area contributed by atoms with Crippen molar-refractivity contribution in [2.75, 3.05) is 43.1 Å². The highest BCUT2D eigenvalue weighted by Crippen LogP contribution is 2.30. The molecule has 3 rings (SSSR count). The molecule has 0 aromatic carbocycles. The van der Waals surface area contributed by atoms with Gasteiger partial charge >= 0.3 is 0 Å². The quantitative estimate of drug-likeness (QED) is 0.820. The Morgan fingerprint density at radius 1 is 1.31 bits per heavy atom. The molecular formula is C19H23N5O2. The Labute approximate surface area is 153 Å². The fourth-order valence-electron chi connectivity index (χ4n) is 2.80. The van der Waals surface area contributed by atoms with Gasteiger partial charge < -0.3 is 19.7 Å². The van der Waals surface area contributed by atoms with Crippen molar-refractivity contribution in [3.63, 3.8) is 0 Å². The lowest BCUT2D eigenvalue weighted by Crippen LogP contribution is -2.36. The summed E-state index contributed by atoms with van der Waals surface area (Å²) in [5.41, 5.74) is 1.64. The molecule has 0 saturated carbocycles. The van der Waals surface area contributed by atoms with Gasteiger partial charge in [0.15, 0.2) is 5.82 Å². The average molecular weight is 353 g/mol. The van der Waals surface area contributed by atoms with Crippen LogP contribution >= 0.6 is 0 Å². The third-order valence-electron chi connectivity index (χ3n) is 3.99. The minimum absolute atomic E-state index is 0.535. The Morgan fingerprint density at radius 3 is 2.81 bits per heavy atom. The molecule has 0 aliphatic carbocycles. The minimum atomic E-state index is 0.535. The summed E-state index contributed by atoms with van der Waals surface area (Å²) in [6.45, 7) is 13.0. The lowest BCUT2D eigenvalue weighted by molar-refractivity contribution is 0.122. The standard InChI is InChI=1S/C19H23N5O2/c1-4-14-15(7-8-21-18(14)20-5-2)19-22-16(13-17(23-19)26-6-3)24-9-11-25-12-10-24/h4-5,7-8,13H,1-2,6,9-12H2,3H3,(H,20,21). The first kappa shape index (κ1) is 17.9. The third kappa shape index (κ3) is 3.83. The van der Waals surface area contributed by atoms with Crippen molar-refractivity contribution in [1.29, 1.82) is 0 Å². The highest BCUT2D eigenvalue weighted by Gasteiger charge is 2.18. The maximum atomic E-state index is 5.67. The van der Waals surface area contributed by atoms with E-state index in [9.17, 15) is 0 Å². The zero-order valence-electron chi connectivity index (χ0n) is 14.9. The normalized spacial score (nSPS) is 14.0. The van der Waals surface area contributed by atoms with Crippen molar-refractivity contribution in [3.8, 4) is 17.3 Å². The fraction of sp³-hybridized carbons (Fsp3) is 0.316. The van der Waals surface area contributed by atoms with E-state index in [0.29, 0.717) is 37.3 Å². The van der Waals surface area contributed by atoms with Gasteiger partial charge in [-0.2, -0.15) is 4.98 Å². The predicted octanol–water partition coefficient (Wildman–Crippen LogP) is 2.97. The van der Waals surface area contributed by atoms with Crippen LogP contribution in [0, 0.1) is 0 Å². The molecule has 1 aliphatic rings. The molecule has 0 amide bonds. The third-order valence-corrected chi connectivity index (χ3v) is 3.99. The van der Waals surface area contributed by atoms with Crippen molar-refractivity contribution in [1.82, 2.24) is 15.0 Å². The first-order valence-electron chi connectivity index (χ1n) is 8.60. The average Bonchev–Trinajstić information content (AvgIpc) is 2.69. The van der Waals surface area contributed by atoms with Gasteiger partial charge in [-0.1, -0.05) is 19.2 Å². The molecule has 26 heavy (non-hydrogen) atoms. The topological polar surface area (TPSA) is 72.4 Å². The van der Waals surface area contributed by atoms with Crippen LogP contribution in [-0.2, 0) is 4.74 Å². The van der Waals surface area contributed by atoms with Gasteiger partial charge in [0.1, 0.15) is 11.6 Å². The molecule has 1 aliphatic heterocycles. The summed E-state index contributed by atoms with van der Waals surface area (Å²) in [6.07, 6.45) is 5.02. The van der Waals surface area contributed by atoms with Gasteiger partial charge in [0.2, 0.25) is 5.88 Å². The maximum absolute atomic E-state index is 5.67. The van der Waals surface area contributed by atoms with Crippen molar-refractivity contribution < 1.29 is 9.47 Å². The van der Waals surface area contributed by atoms with E-state index in [4.69, 9.17) is 14.5 Å². The molecule has 0 spiro atoms. The summed E-state index contributed by atoms with van der Waals surface area (Å²) >= 11 is 0. The Morgan fingerprint density at radius 2 is 2.12 bits per heavy atom. The molecule has 1 N–H and O–H groups in total. The Balaban J connectivity index is 2.08. The second-order valence-electron chi connectivity index (χ2n) is 5.59. The lowest BCUT2D eigenvalue weighted by atomic mass is 10.1. The number of ether oxygens (including phenoxy) is 2. The molecule has 0 unspecified atom stereocenters. The Bertz CT molecular complexity index is 787. The van der Waals surface area contributed by atoms with Crippen molar-refractivity contribution in [3.05, 3.63) is 43.3 Å². The summed E-state index contributed by atoms with van der Waals surface area (Å²) < 4.78 is 11.1. The first-order chi connectivity index (χ1) is 12.8. The lowest BCUT2D eigenvalue weighted by Gasteiger charge is -2.28. The fourth-order valence-corrected chi connectivity index (χ4v) is 2.80. The van der Waals surface area contributed by atoms with Gasteiger partial charge in [0.25, 0.3) is 0 Å². The molecule has 7 nitrogen and oxygen atoms in total. The number of hydrogen-bond donors (Lipinski definition) is 1. The predicted molar refractivity (Wildman–Crippen MR) is 103 cm³/mol. The van der Waals surface area contributed by atoms with Gasteiger partial charge in [0, 0.05) is 36.5 Å². The van der Waals surface area contributed by atoms with Gasteiger partial charge in [0.05, 0.1) is 19.8 Å². The van der Waals surface area contributed by atoms with Crippen LogP contribution in [0.15, 0.2) is 37.7 Å². The number of rotatable bonds is 7. The monoisotopic (exact) mass is 353 g/mol. The van der Waals surface area contributed by atoms with Gasteiger partial charge in [-0.05, 0) is 19.2 Å². The van der Waals surface area contributed by atoms with E-state index in [2.05, 4.69) is 33.3 Å². The zero-order valence-corrected chi connectivity index (χ0v) is 14.9. The van der Waals surface area contributed by atoms with E-state index < -0.39 is 0 Å². The van der Waals surface area contributed by atoms with E-state index in [1.807, 2.05) is 19.1 Å². The van der Waals surface area contributed by atoms with Crippen molar-refractivity contribution in [2.24, 2.45) is 0 Å². The van der Waals surface area contributed by atoms with Crippen LogP contribution in [-0.4, -0.2) is 47.9 Å². The summed E-state index contributed by atoms with van der Waals surface area (Å²) in [6, 6.07) is 3.75. The SMILES string of the molecule is C=CNc1nccc(-c2nc(OCC)cc(N3CCOCC3)n2)c1C=C. The van der Waals surface area contributed by atoms with E-state index >= 15 is 0 Å². The van der Waals surface area contributed by atoms with Crippen molar-refractivity contribution >= 4 is 17.7 Å². The summed E-state index contributed by atoms with van der Waals surface area (Å²) in [4.78, 5) is 15.9. The zero-order chi connectivity index (χ0) is 18.4. The van der Waals surface area contributed by atoms with Crippen LogP contribution in [0.5, 0.6) is 5.88 Å². The number of nitrogens with one attached hydrogen (secondary N) is 1. The molecular weight excluding hydrogens is 330 g/mol. The van der Waals surface area contributed by atoms with E-state index in [0.717, 1.165) is 30.0 Å². The minimum Gasteiger partial charge on any atom is -0.478 e. The smallest absolute Gasteiger partial charge is 0.219 e. The maximum Gasteiger partial charge on any atom is 0.219 e. The summed E-state index contributed by atoms with van der Waals surface area (Å²) in [5.74, 6) is 2.60. The second-order valence-corrected chi connectivity index (χ2v) is 5.59. The molecule has 7 heteroatoms. The van der Waals surface area contributed by atoms with Gasteiger partial charge in [-0.15, -0.1) is 0 Å². The van der Waals surface area contributed by atoms with Gasteiger partial charge in [-0.3, -0.25) is 0 Å². The molecule has 1 fully saturated rings. The summed E-state index contributed by atoms with van der Waals surface area (Å²) in [7, 11) is 0. The molecule has 136 valence electrons. The number of aromatic nitrogens is 3. The van der Waals surface area contributed by atoms with E-state index in [1.165, 1.54) is 0 Å². The van der Waals surface area contributed by atoms with Crippen LogP contribution in [0.2, 0.25) is 0 Å². The van der Waals surface area contributed by atoms with Gasteiger partial charge in [-0.25, -0.2) is 9.97 Å². The second kappa shape index (κ2) is 8.44. The Kier molecular flexibility index (Phi) is 5.80. The molecule has 1 saturated heterocycles. The number of morpholine rings is 1. The van der Waals surface area contributed by atoms with Crippen LogP contribution in [0.3, 0.4) is 0 Å². The van der Waals surface area contributed by atoms with Crippen LogP contribution in [0.4, 0.5) is 11.6 Å². The molecule has 2 aromatic rings. The van der Waals surface area contributed by atoms with Crippen LogP contribution in [0.1, 0.15) is 12.5 Å². The molecule has 0 bridgehead atoms. The summed E-state index contributed by atoms with van der Waals surface area (Å²) in [5, 5.41) is 3.02. The number of hydrogen-bond acceptors (Lipinski definition) is 7. The highest BCUT2D eigenvalue weighted by atomic mass is 16.5. The molecule has 3 heterocycles. The van der Waals surface area contributed by atoms with E-state index in [-0.39, 0.29) is 0 Å². The molecule has 0 radical (unpaired) electrons. The number of nitrogens with zero attached hydrogens (tertiary/aromatic N) is 4. The first-order valence-corrected chi connectivity index (χ1v) is 8.60. The molecule has 0 atom stereocenters.